The Labute approximate surface area is 117 Å². The summed E-state index contributed by atoms with van der Waals surface area (Å²) in [5.74, 6) is 0.583. The predicted octanol–water partition coefficient (Wildman–Crippen LogP) is 1.35. The number of carbonyl (C=O) groups excluding carboxylic acids is 1. The third-order valence-corrected chi connectivity index (χ3v) is 3.05. The van der Waals surface area contributed by atoms with Crippen molar-refractivity contribution in [2.45, 2.75) is 6.42 Å². The first-order valence-electron chi connectivity index (χ1n) is 6.45. The van der Waals surface area contributed by atoms with E-state index >= 15 is 0 Å². The molecule has 0 radical (unpaired) electrons. The molecule has 0 aliphatic rings. The van der Waals surface area contributed by atoms with Gasteiger partial charge in [0.1, 0.15) is 0 Å². The van der Waals surface area contributed by atoms with Gasteiger partial charge in [-0.25, -0.2) is 4.68 Å². The molecule has 0 spiro atoms. The minimum atomic E-state index is -0.104. The lowest BCUT2D eigenvalue weighted by Crippen LogP contribution is -2.25. The smallest absolute Gasteiger partial charge is 0.251 e. The molecule has 6 nitrogen and oxygen atoms in total. The predicted molar refractivity (Wildman–Crippen MR) is 76.1 cm³/mol. The molecule has 0 saturated heterocycles. The highest BCUT2D eigenvalue weighted by Gasteiger charge is 2.12. The maximum Gasteiger partial charge on any atom is 0.251 e. The fraction of sp³-hybridized carbons (Fsp3) is 0.429. The van der Waals surface area contributed by atoms with Crippen LogP contribution in [-0.2, 0) is 11.8 Å². The van der Waals surface area contributed by atoms with E-state index in [0.29, 0.717) is 24.6 Å². The van der Waals surface area contributed by atoms with E-state index in [0.717, 1.165) is 17.3 Å². The summed E-state index contributed by atoms with van der Waals surface area (Å²) >= 11 is 0. The van der Waals surface area contributed by atoms with Gasteiger partial charge >= 0.3 is 0 Å². The second-order valence-electron chi connectivity index (χ2n) is 4.47. The van der Waals surface area contributed by atoms with Gasteiger partial charge in [0.2, 0.25) is 5.88 Å². The Bertz CT molecular complexity index is 607. The van der Waals surface area contributed by atoms with E-state index in [9.17, 15) is 4.79 Å². The maximum absolute atomic E-state index is 12.0. The van der Waals surface area contributed by atoms with Crippen LogP contribution in [0.2, 0.25) is 0 Å². The topological polar surface area (TPSA) is 65.4 Å². The van der Waals surface area contributed by atoms with Crippen molar-refractivity contribution in [1.29, 1.82) is 0 Å². The lowest BCUT2D eigenvalue weighted by molar-refractivity contribution is 0.0948. The second kappa shape index (κ2) is 6.38. The summed E-state index contributed by atoms with van der Waals surface area (Å²) in [7, 11) is 5.06. The number of carbonyl (C=O) groups is 1. The average molecular weight is 277 g/mol. The number of rotatable bonds is 6. The molecule has 1 N–H and O–H groups in total. The van der Waals surface area contributed by atoms with E-state index in [1.807, 2.05) is 13.1 Å². The highest BCUT2D eigenvalue weighted by Crippen LogP contribution is 2.25. The molecular weight excluding hydrogens is 258 g/mol. The molecule has 0 aliphatic carbocycles. The van der Waals surface area contributed by atoms with Gasteiger partial charge in [0.25, 0.3) is 5.91 Å². The number of methoxy groups -OCH3 is 2. The van der Waals surface area contributed by atoms with Gasteiger partial charge in [0.15, 0.2) is 0 Å². The van der Waals surface area contributed by atoms with Crippen LogP contribution in [0.4, 0.5) is 0 Å². The fourth-order valence-electron chi connectivity index (χ4n) is 2.08. The molecule has 108 valence electrons. The van der Waals surface area contributed by atoms with Crippen LogP contribution < -0.4 is 10.1 Å². The van der Waals surface area contributed by atoms with Crippen LogP contribution in [-0.4, -0.2) is 43.1 Å². The third kappa shape index (κ3) is 2.91. The van der Waals surface area contributed by atoms with Crippen LogP contribution in [0, 0.1) is 0 Å². The van der Waals surface area contributed by atoms with Gasteiger partial charge in [0, 0.05) is 32.9 Å². The Hall–Kier alpha value is -2.08. The van der Waals surface area contributed by atoms with Crippen molar-refractivity contribution in [3.05, 3.63) is 23.8 Å². The molecule has 1 amide bonds. The van der Waals surface area contributed by atoms with E-state index in [4.69, 9.17) is 9.47 Å². The Balaban J connectivity index is 2.13. The summed E-state index contributed by atoms with van der Waals surface area (Å²) in [6.45, 7) is 1.23. The van der Waals surface area contributed by atoms with E-state index in [1.165, 1.54) is 0 Å². The van der Waals surface area contributed by atoms with Crippen molar-refractivity contribution >= 4 is 16.8 Å². The number of amides is 1. The number of nitrogens with one attached hydrogen (secondary N) is 1. The quantitative estimate of drug-likeness (QED) is 0.809. The van der Waals surface area contributed by atoms with Crippen LogP contribution in [0.3, 0.4) is 0 Å². The number of hydrogen-bond acceptors (Lipinski definition) is 4. The summed E-state index contributed by atoms with van der Waals surface area (Å²) in [6, 6.07) is 5.40. The zero-order chi connectivity index (χ0) is 14.5. The van der Waals surface area contributed by atoms with Crippen molar-refractivity contribution < 1.29 is 14.3 Å². The van der Waals surface area contributed by atoms with Crippen LogP contribution >= 0.6 is 0 Å². The Kier molecular flexibility index (Phi) is 4.57. The van der Waals surface area contributed by atoms with Crippen molar-refractivity contribution in [2.75, 3.05) is 27.4 Å². The highest BCUT2D eigenvalue weighted by atomic mass is 16.5. The summed E-state index contributed by atoms with van der Waals surface area (Å²) < 4.78 is 11.9. The first-order chi connectivity index (χ1) is 9.67. The SMILES string of the molecule is COCCCNC(=O)c1ccc2c(OC)n(C)nc2c1. The first kappa shape index (κ1) is 14.3. The first-order valence-corrected chi connectivity index (χ1v) is 6.45. The minimum absolute atomic E-state index is 0.104. The molecule has 0 unspecified atom stereocenters. The molecule has 0 fully saturated rings. The number of aromatic nitrogens is 2. The molecule has 0 bridgehead atoms. The second-order valence-corrected chi connectivity index (χ2v) is 4.47. The Morgan fingerprint density at radius 3 is 2.90 bits per heavy atom. The molecule has 2 aromatic rings. The van der Waals surface area contributed by atoms with Crippen LogP contribution in [0.5, 0.6) is 5.88 Å². The molecule has 1 heterocycles. The van der Waals surface area contributed by atoms with E-state index < -0.39 is 0 Å². The maximum atomic E-state index is 12.0. The lowest BCUT2D eigenvalue weighted by Gasteiger charge is -2.04. The van der Waals surface area contributed by atoms with Gasteiger partial charge in [-0.1, -0.05) is 0 Å². The molecule has 6 heteroatoms. The summed E-state index contributed by atoms with van der Waals surface area (Å²) in [5.41, 5.74) is 1.34. The van der Waals surface area contributed by atoms with Gasteiger partial charge < -0.3 is 14.8 Å². The molecule has 0 aliphatic heterocycles. The van der Waals surface area contributed by atoms with Gasteiger partial charge in [-0.3, -0.25) is 4.79 Å². The van der Waals surface area contributed by atoms with Crippen LogP contribution in [0.1, 0.15) is 16.8 Å². The summed E-state index contributed by atoms with van der Waals surface area (Å²) in [4.78, 5) is 12.0. The normalized spacial score (nSPS) is 10.8. The molecule has 2 rings (SSSR count). The summed E-state index contributed by atoms with van der Waals surface area (Å²) in [5, 5.41) is 8.07. The zero-order valence-corrected chi connectivity index (χ0v) is 12.0. The van der Waals surface area contributed by atoms with Gasteiger partial charge in [-0.15, -0.1) is 0 Å². The van der Waals surface area contributed by atoms with Crippen LogP contribution in [0.25, 0.3) is 10.9 Å². The average Bonchev–Trinajstić information content (AvgIpc) is 2.77. The van der Waals surface area contributed by atoms with Gasteiger partial charge in [-0.2, -0.15) is 5.10 Å². The monoisotopic (exact) mass is 277 g/mol. The molecule has 1 aromatic carbocycles. The standard InChI is InChI=1S/C14H19N3O3/c1-17-14(20-3)11-6-5-10(9-12(11)16-17)13(18)15-7-4-8-19-2/h5-6,9H,4,7-8H2,1-3H3,(H,15,18). The fourth-order valence-corrected chi connectivity index (χ4v) is 2.08. The largest absolute Gasteiger partial charge is 0.481 e. The Morgan fingerprint density at radius 1 is 1.40 bits per heavy atom. The van der Waals surface area contributed by atoms with E-state index in [2.05, 4.69) is 10.4 Å². The number of hydrogen-bond donors (Lipinski definition) is 1. The molecule has 20 heavy (non-hydrogen) atoms. The third-order valence-electron chi connectivity index (χ3n) is 3.05. The number of benzene rings is 1. The number of aryl methyl sites for hydroxylation is 1. The van der Waals surface area contributed by atoms with Gasteiger partial charge in [0.05, 0.1) is 18.0 Å². The van der Waals surface area contributed by atoms with Crippen molar-refractivity contribution in [1.82, 2.24) is 15.1 Å². The van der Waals surface area contributed by atoms with Gasteiger partial charge in [-0.05, 0) is 24.6 Å². The number of nitrogens with zero attached hydrogens (tertiary/aromatic N) is 2. The summed E-state index contributed by atoms with van der Waals surface area (Å²) in [6.07, 6.45) is 0.794. The lowest BCUT2D eigenvalue weighted by atomic mass is 10.1. The minimum Gasteiger partial charge on any atom is -0.481 e. The van der Waals surface area contributed by atoms with E-state index in [-0.39, 0.29) is 5.91 Å². The van der Waals surface area contributed by atoms with Crippen molar-refractivity contribution in [3.63, 3.8) is 0 Å². The zero-order valence-electron chi connectivity index (χ0n) is 12.0. The molecule has 0 saturated carbocycles. The number of ether oxygens (including phenoxy) is 2. The van der Waals surface area contributed by atoms with Crippen LogP contribution in [0.15, 0.2) is 18.2 Å². The molecular formula is C14H19N3O3. The molecule has 0 atom stereocenters. The van der Waals surface area contributed by atoms with Crippen molar-refractivity contribution in [2.24, 2.45) is 7.05 Å². The van der Waals surface area contributed by atoms with Crippen molar-refractivity contribution in [3.8, 4) is 5.88 Å². The molecule has 1 aromatic heterocycles. The van der Waals surface area contributed by atoms with E-state index in [1.54, 1.807) is 31.0 Å². The highest BCUT2D eigenvalue weighted by molar-refractivity contribution is 5.98. The Morgan fingerprint density at radius 2 is 2.20 bits per heavy atom. The number of fused-ring (bicyclic) bond motifs is 1.